The molecule has 140 valence electrons. The van der Waals surface area contributed by atoms with Crippen LogP contribution < -0.4 is 4.74 Å². The van der Waals surface area contributed by atoms with Gasteiger partial charge in [0.1, 0.15) is 0 Å². The zero-order valence-electron chi connectivity index (χ0n) is 13.8. The molecule has 1 heterocycles. The topological polar surface area (TPSA) is 66.8 Å². The quantitative estimate of drug-likeness (QED) is 0.411. The minimum atomic E-state index is -0.391. The van der Waals surface area contributed by atoms with Crippen LogP contribution in [0.25, 0.3) is 6.08 Å². The van der Waals surface area contributed by atoms with Crippen molar-refractivity contribution in [2.75, 3.05) is 7.11 Å². The maximum Gasteiger partial charge on any atom is 0.293 e. The second-order valence-corrected chi connectivity index (χ2v) is 8.54. The molecule has 1 fully saturated rings. The van der Waals surface area contributed by atoms with Crippen molar-refractivity contribution < 1.29 is 19.4 Å². The molecular formula is C18H12Cl2INO4S. The van der Waals surface area contributed by atoms with Crippen LogP contribution in [-0.2, 0) is 11.3 Å². The fourth-order valence-corrected chi connectivity index (χ4v) is 4.23. The van der Waals surface area contributed by atoms with Crippen LogP contribution in [-0.4, -0.2) is 28.3 Å². The van der Waals surface area contributed by atoms with Gasteiger partial charge in [-0.3, -0.25) is 14.5 Å². The number of hydrogen-bond acceptors (Lipinski definition) is 5. The monoisotopic (exact) mass is 535 g/mol. The van der Waals surface area contributed by atoms with Crippen LogP contribution in [0.3, 0.4) is 0 Å². The molecule has 0 aliphatic carbocycles. The molecule has 2 amide bonds. The molecule has 2 aromatic carbocycles. The lowest BCUT2D eigenvalue weighted by atomic mass is 10.1. The standard InChI is InChI=1S/C18H12Cl2INO4S/c1-26-14-6-10(5-13(21)16(14)23)7-15-17(24)22(18(25)27-15)8-9-2-3-11(19)12(20)4-9/h2-7,23H,8H2,1H3/b15-7+. The molecule has 9 heteroatoms. The van der Waals surface area contributed by atoms with Crippen molar-refractivity contribution in [2.45, 2.75) is 6.54 Å². The third-order valence-electron chi connectivity index (χ3n) is 3.77. The van der Waals surface area contributed by atoms with Gasteiger partial charge in [0.25, 0.3) is 11.1 Å². The van der Waals surface area contributed by atoms with Crippen molar-refractivity contribution in [1.29, 1.82) is 0 Å². The summed E-state index contributed by atoms with van der Waals surface area (Å²) in [6.07, 6.45) is 1.60. The Morgan fingerprint density at radius 2 is 1.96 bits per heavy atom. The number of phenols is 1. The molecule has 27 heavy (non-hydrogen) atoms. The molecule has 1 saturated heterocycles. The number of methoxy groups -OCH3 is 1. The van der Waals surface area contributed by atoms with Crippen LogP contribution >= 0.6 is 57.6 Å². The van der Waals surface area contributed by atoms with Gasteiger partial charge in [0.05, 0.1) is 32.2 Å². The van der Waals surface area contributed by atoms with E-state index >= 15 is 0 Å². The molecule has 0 spiro atoms. The highest BCUT2D eigenvalue weighted by atomic mass is 127. The van der Waals surface area contributed by atoms with E-state index in [0.29, 0.717) is 35.4 Å². The molecule has 0 bridgehead atoms. The van der Waals surface area contributed by atoms with Gasteiger partial charge in [-0.2, -0.15) is 0 Å². The summed E-state index contributed by atoms with van der Waals surface area (Å²) < 4.78 is 5.70. The second kappa shape index (κ2) is 8.30. The normalized spacial score (nSPS) is 15.7. The summed E-state index contributed by atoms with van der Waals surface area (Å²) in [5, 5.41) is 10.3. The summed E-state index contributed by atoms with van der Waals surface area (Å²) in [6, 6.07) is 8.27. The molecule has 0 radical (unpaired) electrons. The van der Waals surface area contributed by atoms with Gasteiger partial charge >= 0.3 is 0 Å². The van der Waals surface area contributed by atoms with E-state index < -0.39 is 5.91 Å². The Labute approximate surface area is 183 Å². The lowest BCUT2D eigenvalue weighted by Gasteiger charge is -2.13. The summed E-state index contributed by atoms with van der Waals surface area (Å²) >= 11 is 14.7. The Bertz CT molecular complexity index is 980. The number of amides is 2. The van der Waals surface area contributed by atoms with Crippen molar-refractivity contribution in [3.63, 3.8) is 0 Å². The van der Waals surface area contributed by atoms with E-state index in [-0.39, 0.29) is 17.5 Å². The third-order valence-corrected chi connectivity index (χ3v) is 6.24. The van der Waals surface area contributed by atoms with Crippen molar-refractivity contribution in [1.82, 2.24) is 4.90 Å². The number of carbonyl (C=O) groups is 2. The van der Waals surface area contributed by atoms with Crippen LogP contribution in [0.1, 0.15) is 11.1 Å². The zero-order chi connectivity index (χ0) is 19.7. The third kappa shape index (κ3) is 4.37. The van der Waals surface area contributed by atoms with Gasteiger partial charge in [-0.15, -0.1) is 0 Å². The predicted molar refractivity (Wildman–Crippen MR) is 115 cm³/mol. The van der Waals surface area contributed by atoms with E-state index in [4.69, 9.17) is 27.9 Å². The number of nitrogens with zero attached hydrogens (tertiary/aromatic N) is 1. The zero-order valence-corrected chi connectivity index (χ0v) is 18.3. The Hall–Kier alpha value is -1.42. The molecule has 0 saturated carbocycles. The first kappa shape index (κ1) is 20.3. The number of ether oxygens (including phenoxy) is 1. The molecule has 1 aliphatic heterocycles. The molecule has 2 aromatic rings. The molecule has 3 rings (SSSR count). The van der Waals surface area contributed by atoms with Gasteiger partial charge in [-0.25, -0.2) is 0 Å². The first-order valence-electron chi connectivity index (χ1n) is 7.56. The average molecular weight is 536 g/mol. The van der Waals surface area contributed by atoms with Crippen LogP contribution in [0.2, 0.25) is 10.0 Å². The van der Waals surface area contributed by atoms with Gasteiger partial charge in [-0.1, -0.05) is 29.3 Å². The van der Waals surface area contributed by atoms with E-state index in [1.165, 1.54) is 7.11 Å². The minimum absolute atomic E-state index is 0.0305. The van der Waals surface area contributed by atoms with E-state index in [1.54, 1.807) is 36.4 Å². The second-order valence-electron chi connectivity index (χ2n) is 5.57. The van der Waals surface area contributed by atoms with E-state index in [9.17, 15) is 14.7 Å². The molecule has 5 nitrogen and oxygen atoms in total. The highest BCUT2D eigenvalue weighted by molar-refractivity contribution is 14.1. The summed E-state index contributed by atoms with van der Waals surface area (Å²) in [7, 11) is 1.44. The highest BCUT2D eigenvalue weighted by Gasteiger charge is 2.35. The van der Waals surface area contributed by atoms with Gasteiger partial charge in [0.15, 0.2) is 11.5 Å². The smallest absolute Gasteiger partial charge is 0.293 e. The van der Waals surface area contributed by atoms with E-state index in [1.807, 2.05) is 22.6 Å². The van der Waals surface area contributed by atoms with Gasteiger partial charge in [0, 0.05) is 0 Å². The maximum absolute atomic E-state index is 12.7. The van der Waals surface area contributed by atoms with Gasteiger partial charge in [0.2, 0.25) is 0 Å². The van der Waals surface area contributed by atoms with Crippen LogP contribution in [0.4, 0.5) is 4.79 Å². The average Bonchev–Trinajstić information content (AvgIpc) is 2.88. The Kier molecular flexibility index (Phi) is 6.25. The molecule has 1 N–H and O–H groups in total. The Morgan fingerprint density at radius 3 is 2.63 bits per heavy atom. The minimum Gasteiger partial charge on any atom is -0.504 e. The number of carbonyl (C=O) groups excluding carboxylic acids is 2. The predicted octanol–water partition coefficient (Wildman–Crippen LogP) is 5.55. The van der Waals surface area contributed by atoms with Crippen molar-refractivity contribution in [3.05, 3.63) is 60.0 Å². The number of benzene rings is 2. The summed E-state index contributed by atoms with van der Waals surface area (Å²) in [4.78, 5) is 26.4. The first-order chi connectivity index (χ1) is 12.8. The van der Waals surface area contributed by atoms with E-state index in [0.717, 1.165) is 16.7 Å². The molecule has 0 atom stereocenters. The number of aromatic hydroxyl groups is 1. The first-order valence-corrected chi connectivity index (χ1v) is 10.2. The van der Waals surface area contributed by atoms with E-state index in [2.05, 4.69) is 0 Å². The van der Waals surface area contributed by atoms with Crippen molar-refractivity contribution >= 4 is 74.8 Å². The number of rotatable bonds is 4. The van der Waals surface area contributed by atoms with Crippen molar-refractivity contribution in [3.8, 4) is 11.5 Å². The number of imide groups is 1. The summed E-state index contributed by atoms with van der Waals surface area (Å²) in [5.74, 6) is -0.0655. The molecule has 0 unspecified atom stereocenters. The molecular weight excluding hydrogens is 524 g/mol. The summed E-state index contributed by atoms with van der Waals surface area (Å²) in [5.41, 5.74) is 1.35. The summed E-state index contributed by atoms with van der Waals surface area (Å²) in [6.45, 7) is 0.106. The molecule has 1 aliphatic rings. The number of halogens is 3. The fourth-order valence-electron chi connectivity index (χ4n) is 2.44. The number of thioether (sulfide) groups is 1. The fraction of sp³-hybridized carbons (Fsp3) is 0.111. The van der Waals surface area contributed by atoms with Gasteiger partial charge in [-0.05, 0) is 75.8 Å². The largest absolute Gasteiger partial charge is 0.504 e. The maximum atomic E-state index is 12.7. The number of phenolic OH excluding ortho intramolecular Hbond substituents is 1. The highest BCUT2D eigenvalue weighted by Crippen LogP contribution is 2.37. The van der Waals surface area contributed by atoms with Crippen LogP contribution in [0.5, 0.6) is 11.5 Å². The molecule has 0 aromatic heterocycles. The van der Waals surface area contributed by atoms with Crippen LogP contribution in [0, 0.1) is 3.57 Å². The lowest BCUT2D eigenvalue weighted by molar-refractivity contribution is -0.123. The van der Waals surface area contributed by atoms with Gasteiger partial charge < -0.3 is 9.84 Å². The lowest BCUT2D eigenvalue weighted by Crippen LogP contribution is -2.27. The van der Waals surface area contributed by atoms with Crippen LogP contribution in [0.15, 0.2) is 35.2 Å². The number of hydrogen-bond donors (Lipinski definition) is 1. The SMILES string of the molecule is COc1cc(/C=C2/SC(=O)N(Cc3ccc(Cl)c(Cl)c3)C2=O)cc(I)c1O. The van der Waals surface area contributed by atoms with Crippen molar-refractivity contribution in [2.24, 2.45) is 0 Å². The Morgan fingerprint density at radius 1 is 1.22 bits per heavy atom. The Balaban J connectivity index is 1.86.